The number of benzene rings is 3. The van der Waals surface area contributed by atoms with Gasteiger partial charge in [-0.25, -0.2) is 13.1 Å². The third-order valence-electron chi connectivity index (χ3n) is 6.30. The van der Waals surface area contributed by atoms with E-state index in [4.69, 9.17) is 18.9 Å². The number of rotatable bonds is 13. The van der Waals surface area contributed by atoms with Crippen LogP contribution in [0.2, 0.25) is 0 Å². The van der Waals surface area contributed by atoms with Gasteiger partial charge in [-0.05, 0) is 29.0 Å². The van der Waals surface area contributed by atoms with E-state index in [0.717, 1.165) is 11.1 Å². The van der Waals surface area contributed by atoms with Crippen molar-refractivity contribution < 1.29 is 32.2 Å². The molecule has 3 aromatic rings. The van der Waals surface area contributed by atoms with Crippen LogP contribution < -0.4 is 4.72 Å². The Morgan fingerprint density at radius 1 is 0.875 bits per heavy atom. The predicted octanol–water partition coefficient (Wildman–Crippen LogP) is 4.55. The van der Waals surface area contributed by atoms with Crippen LogP contribution in [0.5, 0.6) is 0 Å². The number of ether oxygens (including phenoxy) is 4. The zero-order valence-corrected chi connectivity index (χ0v) is 24.2. The van der Waals surface area contributed by atoms with E-state index in [0.29, 0.717) is 12.4 Å². The van der Waals surface area contributed by atoms with E-state index in [2.05, 4.69) is 4.72 Å². The summed E-state index contributed by atoms with van der Waals surface area (Å²) in [4.78, 5) is 12.4. The van der Waals surface area contributed by atoms with Crippen LogP contribution in [-0.2, 0) is 47.0 Å². The smallest absolute Gasteiger partial charge is 0.303 e. The van der Waals surface area contributed by atoms with E-state index in [1.807, 2.05) is 67.6 Å². The minimum atomic E-state index is -3.94. The Bertz CT molecular complexity index is 1290. The fourth-order valence-corrected chi connectivity index (χ4v) is 6.82. The zero-order valence-electron chi connectivity index (χ0n) is 22.5. The number of nitrogens with one attached hydrogen (secondary N) is 1. The van der Waals surface area contributed by atoms with E-state index in [-0.39, 0.29) is 18.1 Å². The topological polar surface area (TPSA) is 100 Å². The molecule has 0 aromatic heterocycles. The number of carbonyl (C=O) groups excluding carboxylic acids is 1. The van der Waals surface area contributed by atoms with E-state index in [9.17, 15) is 13.2 Å². The number of esters is 1. The lowest BCUT2D eigenvalue weighted by atomic mass is 9.98. The van der Waals surface area contributed by atoms with Gasteiger partial charge in [0.2, 0.25) is 10.0 Å². The molecule has 0 radical (unpaired) electrons. The van der Waals surface area contributed by atoms with Gasteiger partial charge in [-0.1, -0.05) is 85.8 Å². The molecule has 1 heterocycles. The number of carbonyl (C=O) groups is 1. The number of hydrogen-bond acceptors (Lipinski definition) is 8. The maximum atomic E-state index is 13.4. The first-order valence-corrected chi connectivity index (χ1v) is 15.7. The molecule has 3 aromatic carbocycles. The Balaban J connectivity index is 1.64. The van der Waals surface area contributed by atoms with Crippen molar-refractivity contribution in [3.05, 3.63) is 102 Å². The van der Waals surface area contributed by atoms with Crippen LogP contribution in [0.1, 0.15) is 25.0 Å². The van der Waals surface area contributed by atoms with Gasteiger partial charge in [0.15, 0.2) is 6.10 Å². The van der Waals surface area contributed by atoms with Gasteiger partial charge < -0.3 is 18.9 Å². The summed E-state index contributed by atoms with van der Waals surface area (Å²) in [6.07, 6.45) is -2.46. The molecule has 0 spiro atoms. The zero-order chi connectivity index (χ0) is 28.4. The molecule has 1 N–H and O–H groups in total. The van der Waals surface area contributed by atoms with Crippen LogP contribution >= 0.6 is 11.8 Å². The molecular weight excluding hydrogens is 550 g/mol. The number of hydrogen-bond donors (Lipinski definition) is 1. The molecule has 214 valence electrons. The average molecular weight is 586 g/mol. The lowest BCUT2D eigenvalue weighted by molar-refractivity contribution is -0.211. The molecule has 0 saturated carbocycles. The monoisotopic (exact) mass is 585 g/mol. The highest BCUT2D eigenvalue weighted by molar-refractivity contribution is 7.99. The first-order valence-electron chi connectivity index (χ1n) is 13.2. The summed E-state index contributed by atoms with van der Waals surface area (Å²) in [6, 6.07) is 26.5. The van der Waals surface area contributed by atoms with Gasteiger partial charge in [0.25, 0.3) is 0 Å². The lowest BCUT2D eigenvalue weighted by Crippen LogP contribution is -2.65. The van der Waals surface area contributed by atoms with Crippen molar-refractivity contribution in [2.75, 3.05) is 12.4 Å². The molecule has 5 atom stereocenters. The summed E-state index contributed by atoms with van der Waals surface area (Å²) < 4.78 is 54.3. The fourth-order valence-electron chi connectivity index (χ4n) is 4.48. The SMILES string of the molecule is CCS[C@@H]1OC(COCc2ccccc2)[C@@H](OC(C)=O)[C@@H](OCc2ccccc2)C1NS(=O)(=O)c1ccccc1. The Morgan fingerprint density at radius 3 is 2.02 bits per heavy atom. The van der Waals surface area contributed by atoms with Crippen molar-refractivity contribution in [3.8, 4) is 0 Å². The molecule has 10 heteroatoms. The molecule has 1 aliphatic heterocycles. The van der Waals surface area contributed by atoms with Crippen LogP contribution in [0.25, 0.3) is 0 Å². The normalized spacial score (nSPS) is 23.0. The van der Waals surface area contributed by atoms with Crippen LogP contribution in [-0.4, -0.2) is 56.5 Å². The van der Waals surface area contributed by atoms with E-state index < -0.39 is 45.8 Å². The Labute approximate surface area is 240 Å². The molecule has 0 amide bonds. The van der Waals surface area contributed by atoms with Gasteiger partial charge in [0.1, 0.15) is 17.6 Å². The summed E-state index contributed by atoms with van der Waals surface area (Å²) in [7, 11) is -3.94. The van der Waals surface area contributed by atoms with Crippen LogP contribution in [0.3, 0.4) is 0 Å². The highest BCUT2D eigenvalue weighted by Crippen LogP contribution is 2.33. The summed E-state index contributed by atoms with van der Waals surface area (Å²) in [5, 5.41) is 0. The first kappa shape index (κ1) is 30.2. The van der Waals surface area contributed by atoms with E-state index >= 15 is 0 Å². The Kier molecular flexibility index (Phi) is 11.2. The molecule has 1 fully saturated rings. The average Bonchev–Trinajstić information content (AvgIpc) is 2.96. The van der Waals surface area contributed by atoms with E-state index in [1.54, 1.807) is 18.2 Å². The van der Waals surface area contributed by atoms with Gasteiger partial charge >= 0.3 is 5.97 Å². The standard InChI is InChI=1S/C30H35NO7S2/c1-3-39-30-27(31-40(33,34)25-17-11-6-12-18-25)29(36-20-24-15-9-5-10-16-24)28(37-22(2)32)26(38-30)21-35-19-23-13-7-4-8-14-23/h4-18,26-31H,3,19-21H2,1-2H3/t26?,27?,28-,29+,30+/m1/s1. The molecule has 1 saturated heterocycles. The highest BCUT2D eigenvalue weighted by atomic mass is 32.2. The quantitative estimate of drug-likeness (QED) is 0.292. The van der Waals surface area contributed by atoms with Crippen LogP contribution in [0.4, 0.5) is 0 Å². The molecule has 0 bridgehead atoms. The summed E-state index contributed by atoms with van der Waals surface area (Å²) in [6.45, 7) is 3.94. The molecule has 0 aliphatic carbocycles. The molecule has 1 aliphatic rings. The van der Waals surface area contributed by atoms with Crippen molar-refractivity contribution in [1.82, 2.24) is 4.72 Å². The second kappa shape index (κ2) is 14.8. The molecule has 4 rings (SSSR count). The minimum Gasteiger partial charge on any atom is -0.457 e. The second-order valence-corrected chi connectivity index (χ2v) is 12.4. The van der Waals surface area contributed by atoms with Gasteiger partial charge in [0.05, 0.1) is 30.8 Å². The summed E-state index contributed by atoms with van der Waals surface area (Å²) in [5.74, 6) is 0.136. The van der Waals surface area contributed by atoms with Crippen LogP contribution in [0, 0.1) is 0 Å². The molecule has 8 nitrogen and oxygen atoms in total. The minimum absolute atomic E-state index is 0.120. The number of sulfonamides is 1. The van der Waals surface area contributed by atoms with Gasteiger partial charge in [-0.2, -0.15) is 0 Å². The van der Waals surface area contributed by atoms with Crippen molar-refractivity contribution >= 4 is 27.8 Å². The third kappa shape index (κ3) is 8.39. The fraction of sp³-hybridized carbons (Fsp3) is 0.367. The number of thioether (sulfide) groups is 1. The van der Waals surface area contributed by atoms with Crippen LogP contribution in [0.15, 0.2) is 95.9 Å². The molecule has 40 heavy (non-hydrogen) atoms. The Morgan fingerprint density at radius 2 is 1.45 bits per heavy atom. The second-order valence-electron chi connectivity index (χ2n) is 9.29. The highest BCUT2D eigenvalue weighted by Gasteiger charge is 2.50. The molecular formula is C30H35NO7S2. The van der Waals surface area contributed by atoms with Crippen molar-refractivity contribution in [1.29, 1.82) is 0 Å². The van der Waals surface area contributed by atoms with Gasteiger partial charge in [-0.15, -0.1) is 11.8 Å². The van der Waals surface area contributed by atoms with Gasteiger partial charge in [-0.3, -0.25) is 4.79 Å². The summed E-state index contributed by atoms with van der Waals surface area (Å²) >= 11 is 1.45. The largest absolute Gasteiger partial charge is 0.457 e. The van der Waals surface area contributed by atoms with Crippen molar-refractivity contribution in [2.45, 2.75) is 61.7 Å². The maximum Gasteiger partial charge on any atom is 0.303 e. The lowest BCUT2D eigenvalue weighted by Gasteiger charge is -2.45. The van der Waals surface area contributed by atoms with Gasteiger partial charge in [0, 0.05) is 6.92 Å². The molecule has 2 unspecified atom stereocenters. The third-order valence-corrected chi connectivity index (χ3v) is 8.84. The summed E-state index contributed by atoms with van der Waals surface area (Å²) in [5.41, 5.74) is 1.27. The maximum absolute atomic E-state index is 13.4. The van der Waals surface area contributed by atoms with E-state index in [1.165, 1.54) is 30.8 Å². The van der Waals surface area contributed by atoms with Crippen molar-refractivity contribution in [3.63, 3.8) is 0 Å². The predicted molar refractivity (Wildman–Crippen MR) is 154 cm³/mol. The Hall–Kier alpha value is -2.73. The first-order chi connectivity index (χ1) is 19.4. The van der Waals surface area contributed by atoms with Crippen molar-refractivity contribution in [2.24, 2.45) is 0 Å².